The van der Waals surface area contributed by atoms with Gasteiger partial charge in [-0.15, -0.1) is 0 Å². The predicted molar refractivity (Wildman–Crippen MR) is 99.0 cm³/mol. The molecule has 0 saturated carbocycles. The van der Waals surface area contributed by atoms with Crippen LogP contribution in [0.5, 0.6) is 0 Å². The summed E-state index contributed by atoms with van der Waals surface area (Å²) in [5.74, 6) is -0.306. The molecule has 2 aromatic carbocycles. The number of benzene rings is 2. The molecule has 7 heteroatoms. The van der Waals surface area contributed by atoms with Crippen LogP contribution >= 0.6 is 23.2 Å². The van der Waals surface area contributed by atoms with E-state index in [0.29, 0.717) is 21.4 Å². The van der Waals surface area contributed by atoms with Crippen molar-refractivity contribution in [3.63, 3.8) is 0 Å². The third kappa shape index (κ3) is 4.86. The monoisotopic (exact) mass is 373 g/mol. The van der Waals surface area contributed by atoms with Gasteiger partial charge < -0.3 is 10.1 Å². The molecule has 3 aromatic rings. The third-order valence-electron chi connectivity index (χ3n) is 3.15. The lowest BCUT2D eigenvalue weighted by Crippen LogP contribution is -2.13. The van der Waals surface area contributed by atoms with Crippen molar-refractivity contribution in [2.45, 2.75) is 0 Å². The molecule has 126 valence electrons. The Hall–Kier alpha value is -2.76. The molecule has 0 saturated heterocycles. The van der Waals surface area contributed by atoms with Crippen LogP contribution in [-0.2, 0) is 4.79 Å². The van der Waals surface area contributed by atoms with E-state index in [1.54, 1.807) is 36.4 Å². The van der Waals surface area contributed by atoms with Crippen LogP contribution in [0, 0.1) is 0 Å². The number of hydrogen-bond acceptors (Lipinski definition) is 4. The lowest BCUT2D eigenvalue weighted by Gasteiger charge is -2.06. The van der Waals surface area contributed by atoms with Crippen molar-refractivity contribution in [2.24, 2.45) is 0 Å². The third-order valence-corrected chi connectivity index (χ3v) is 3.89. The Bertz CT molecular complexity index is 873. The number of hydrogen-bond donors (Lipinski definition) is 1. The molecule has 0 aliphatic heterocycles. The summed E-state index contributed by atoms with van der Waals surface area (Å²) in [6, 6.07) is 16.0. The van der Waals surface area contributed by atoms with E-state index in [2.05, 4.69) is 15.3 Å². The first kappa shape index (κ1) is 18.6. The summed E-state index contributed by atoms with van der Waals surface area (Å²) < 4.78 is 0. The molecular weight excluding hydrogens is 361 g/mol. The zero-order chi connectivity index (χ0) is 18.2. The van der Waals surface area contributed by atoms with Crippen LogP contribution < -0.4 is 5.32 Å². The van der Waals surface area contributed by atoms with Gasteiger partial charge in [0.2, 0.25) is 0 Å². The highest BCUT2D eigenvalue weighted by Crippen LogP contribution is 2.27. The number of carbonyl (C=O) groups excluding carboxylic acids is 2. The van der Waals surface area contributed by atoms with Gasteiger partial charge in [0.1, 0.15) is 18.8 Å². The molecule has 0 fully saturated rings. The Labute approximate surface area is 154 Å². The average molecular weight is 374 g/mol. The number of carbonyl (C=O) groups is 2. The fraction of sp³-hybridized carbons (Fsp3) is 0. The summed E-state index contributed by atoms with van der Waals surface area (Å²) in [5.41, 5.74) is 2.32. The van der Waals surface area contributed by atoms with Gasteiger partial charge in [0.25, 0.3) is 5.91 Å². The van der Waals surface area contributed by atoms with Crippen molar-refractivity contribution in [3.8, 4) is 11.3 Å². The maximum Gasteiger partial charge on any atom is 0.274 e. The normalized spacial score (nSPS) is 9.68. The fourth-order valence-electron chi connectivity index (χ4n) is 2.01. The Morgan fingerprint density at radius 3 is 2.32 bits per heavy atom. The molecule has 1 N–H and O–H groups in total. The Morgan fingerprint density at radius 1 is 0.920 bits per heavy atom. The van der Waals surface area contributed by atoms with Crippen LogP contribution in [0.25, 0.3) is 11.3 Å². The first-order valence-electron chi connectivity index (χ1n) is 7.06. The second-order valence-corrected chi connectivity index (χ2v) is 5.55. The first-order valence-corrected chi connectivity index (χ1v) is 7.82. The van der Waals surface area contributed by atoms with Gasteiger partial charge in [-0.2, -0.15) is 0 Å². The standard InChI is InChI=1S/C17H11Cl2N3O.CH2O/c18-13-7-6-11(8-14(13)19)15-9-16(21-10-20-15)17(23)22-12-4-2-1-3-5-12;1-2/h1-10H,(H,22,23);1H2. The van der Waals surface area contributed by atoms with E-state index >= 15 is 0 Å². The fourth-order valence-corrected chi connectivity index (χ4v) is 2.31. The SMILES string of the molecule is C=O.O=C(Nc1ccccc1)c1cc(-c2ccc(Cl)c(Cl)c2)ncn1. The van der Waals surface area contributed by atoms with Crippen molar-refractivity contribution in [1.29, 1.82) is 0 Å². The molecule has 0 radical (unpaired) electrons. The Kier molecular flexibility index (Phi) is 6.62. The van der Waals surface area contributed by atoms with Crippen molar-refractivity contribution in [2.75, 3.05) is 5.32 Å². The van der Waals surface area contributed by atoms with Gasteiger partial charge in [0.15, 0.2) is 0 Å². The van der Waals surface area contributed by atoms with Crippen LogP contribution in [0.15, 0.2) is 60.9 Å². The van der Waals surface area contributed by atoms with Crippen LogP contribution in [0.4, 0.5) is 5.69 Å². The van der Waals surface area contributed by atoms with E-state index < -0.39 is 0 Å². The van der Waals surface area contributed by atoms with Crippen molar-refractivity contribution < 1.29 is 9.59 Å². The number of rotatable bonds is 3. The van der Waals surface area contributed by atoms with Crippen molar-refractivity contribution >= 4 is 41.6 Å². The second kappa shape index (κ2) is 8.92. The van der Waals surface area contributed by atoms with Gasteiger partial charge in [-0.05, 0) is 30.3 Å². The average Bonchev–Trinajstić information content (AvgIpc) is 2.66. The lowest BCUT2D eigenvalue weighted by atomic mass is 10.1. The molecule has 0 aliphatic rings. The number of nitrogens with zero attached hydrogens (tertiary/aromatic N) is 2. The van der Waals surface area contributed by atoms with E-state index in [0.717, 1.165) is 5.56 Å². The molecule has 0 bridgehead atoms. The summed E-state index contributed by atoms with van der Waals surface area (Å²) in [6.07, 6.45) is 1.34. The Morgan fingerprint density at radius 2 is 1.64 bits per heavy atom. The molecule has 25 heavy (non-hydrogen) atoms. The van der Waals surface area contributed by atoms with Crippen LogP contribution in [-0.4, -0.2) is 22.7 Å². The predicted octanol–water partition coefficient (Wildman–Crippen LogP) is 4.52. The summed E-state index contributed by atoms with van der Waals surface area (Å²) in [6.45, 7) is 2.00. The number of aromatic nitrogens is 2. The minimum Gasteiger partial charge on any atom is -0.321 e. The van der Waals surface area contributed by atoms with Gasteiger partial charge in [0.05, 0.1) is 15.7 Å². The number of para-hydroxylation sites is 1. The van der Waals surface area contributed by atoms with E-state index in [1.165, 1.54) is 6.33 Å². The summed E-state index contributed by atoms with van der Waals surface area (Å²) in [7, 11) is 0. The smallest absolute Gasteiger partial charge is 0.274 e. The lowest BCUT2D eigenvalue weighted by molar-refractivity contribution is -0.0980. The summed E-state index contributed by atoms with van der Waals surface area (Å²) in [5, 5.41) is 3.67. The highest BCUT2D eigenvalue weighted by molar-refractivity contribution is 6.42. The van der Waals surface area contributed by atoms with E-state index in [1.807, 2.05) is 25.0 Å². The molecule has 0 atom stereocenters. The molecule has 1 amide bonds. The van der Waals surface area contributed by atoms with E-state index in [9.17, 15) is 4.79 Å². The Balaban J connectivity index is 0.00000109. The molecule has 0 unspecified atom stereocenters. The topological polar surface area (TPSA) is 72.0 Å². The van der Waals surface area contributed by atoms with Gasteiger partial charge in [0, 0.05) is 11.3 Å². The molecule has 0 spiro atoms. The second-order valence-electron chi connectivity index (χ2n) is 4.74. The maximum absolute atomic E-state index is 12.3. The van der Waals surface area contributed by atoms with Gasteiger partial charge in [-0.3, -0.25) is 4.79 Å². The molecular formula is C18H13Cl2N3O2. The largest absolute Gasteiger partial charge is 0.321 e. The quantitative estimate of drug-likeness (QED) is 0.732. The first-order chi connectivity index (χ1) is 12.1. The summed E-state index contributed by atoms with van der Waals surface area (Å²) >= 11 is 11.9. The van der Waals surface area contributed by atoms with Gasteiger partial charge in [-0.25, -0.2) is 9.97 Å². The zero-order valence-electron chi connectivity index (χ0n) is 12.9. The summed E-state index contributed by atoms with van der Waals surface area (Å²) in [4.78, 5) is 28.5. The highest BCUT2D eigenvalue weighted by Gasteiger charge is 2.11. The van der Waals surface area contributed by atoms with E-state index in [-0.39, 0.29) is 11.6 Å². The van der Waals surface area contributed by atoms with Crippen LogP contribution in [0.3, 0.4) is 0 Å². The minimum absolute atomic E-state index is 0.268. The molecule has 1 aromatic heterocycles. The maximum atomic E-state index is 12.3. The highest BCUT2D eigenvalue weighted by atomic mass is 35.5. The molecule has 3 rings (SSSR count). The van der Waals surface area contributed by atoms with Gasteiger partial charge in [-0.1, -0.05) is 47.5 Å². The van der Waals surface area contributed by atoms with E-state index in [4.69, 9.17) is 28.0 Å². The number of halogens is 2. The van der Waals surface area contributed by atoms with Crippen LogP contribution in [0.1, 0.15) is 10.5 Å². The van der Waals surface area contributed by atoms with Crippen LogP contribution in [0.2, 0.25) is 10.0 Å². The van der Waals surface area contributed by atoms with Gasteiger partial charge >= 0.3 is 0 Å². The molecule has 0 aliphatic carbocycles. The molecule has 5 nitrogen and oxygen atoms in total. The number of anilines is 1. The number of amides is 1. The zero-order valence-corrected chi connectivity index (χ0v) is 14.5. The molecule has 1 heterocycles. The van der Waals surface area contributed by atoms with Crippen molar-refractivity contribution in [3.05, 3.63) is 76.7 Å². The minimum atomic E-state index is -0.306. The number of nitrogens with one attached hydrogen (secondary N) is 1. The van der Waals surface area contributed by atoms with Crippen molar-refractivity contribution in [1.82, 2.24) is 9.97 Å².